The molecule has 130 valence electrons. The highest BCUT2D eigenvalue weighted by Gasteiger charge is 2.17. The predicted molar refractivity (Wildman–Crippen MR) is 110 cm³/mol. The average Bonchev–Trinajstić information content (AvgIpc) is 2.85. The summed E-state index contributed by atoms with van der Waals surface area (Å²) in [5, 5.41) is 0. The minimum Gasteiger partial charge on any atom is -0.384 e. The van der Waals surface area contributed by atoms with Crippen molar-refractivity contribution in [3.8, 4) is 0 Å². The minimum atomic E-state index is 0.762. The fraction of sp³-hybridized carbons (Fsp3) is 0.167. The largest absolute Gasteiger partial charge is 0.384 e. The van der Waals surface area contributed by atoms with Gasteiger partial charge in [-0.25, -0.2) is 0 Å². The molecule has 0 fully saturated rings. The number of ether oxygens (including phenoxy) is 1. The molecule has 0 unspecified atom stereocenters. The standard InChI is InChI=1S/C24H23NO/c1-26-17-16-19-10-12-20(13-11-19)18-25-23-8-4-2-6-21(23)14-15-22-7-3-5-9-24(22)25/h2-15H,16-18H2,1H3. The zero-order chi connectivity index (χ0) is 17.8. The van der Waals surface area contributed by atoms with Gasteiger partial charge in [0.25, 0.3) is 0 Å². The quantitative estimate of drug-likeness (QED) is 0.590. The van der Waals surface area contributed by atoms with E-state index < -0.39 is 0 Å². The Hall–Kier alpha value is -2.84. The van der Waals surface area contributed by atoms with Gasteiger partial charge in [-0.2, -0.15) is 0 Å². The molecule has 0 N–H and O–H groups in total. The van der Waals surface area contributed by atoms with Crippen LogP contribution in [0.5, 0.6) is 0 Å². The van der Waals surface area contributed by atoms with Crippen LogP contribution in [0.4, 0.5) is 11.4 Å². The first-order valence-corrected chi connectivity index (χ1v) is 9.05. The number of benzene rings is 3. The van der Waals surface area contributed by atoms with E-state index in [2.05, 4.69) is 89.8 Å². The van der Waals surface area contributed by atoms with Crippen LogP contribution in [0, 0.1) is 0 Å². The van der Waals surface area contributed by atoms with E-state index in [1.165, 1.54) is 33.6 Å². The molecule has 0 radical (unpaired) electrons. The zero-order valence-electron chi connectivity index (χ0n) is 15.1. The number of para-hydroxylation sites is 2. The molecule has 0 saturated carbocycles. The molecule has 1 aliphatic heterocycles. The van der Waals surface area contributed by atoms with Gasteiger partial charge < -0.3 is 9.64 Å². The predicted octanol–water partition coefficient (Wildman–Crippen LogP) is 5.70. The van der Waals surface area contributed by atoms with Crippen molar-refractivity contribution in [1.82, 2.24) is 0 Å². The monoisotopic (exact) mass is 341 g/mol. The molecule has 0 aliphatic carbocycles. The van der Waals surface area contributed by atoms with E-state index in [-0.39, 0.29) is 0 Å². The summed E-state index contributed by atoms with van der Waals surface area (Å²) in [6.45, 7) is 1.61. The lowest BCUT2D eigenvalue weighted by atomic mass is 10.1. The summed E-state index contributed by atoms with van der Waals surface area (Å²) >= 11 is 0. The lowest BCUT2D eigenvalue weighted by Crippen LogP contribution is -2.17. The van der Waals surface area contributed by atoms with Crippen LogP contribution in [-0.2, 0) is 17.7 Å². The van der Waals surface area contributed by atoms with Crippen molar-refractivity contribution in [2.75, 3.05) is 18.6 Å². The van der Waals surface area contributed by atoms with E-state index in [0.717, 1.165) is 19.6 Å². The average molecular weight is 341 g/mol. The maximum atomic E-state index is 5.17. The van der Waals surface area contributed by atoms with E-state index in [1.807, 2.05) is 0 Å². The number of rotatable bonds is 5. The van der Waals surface area contributed by atoms with Gasteiger partial charge in [0, 0.05) is 25.0 Å². The van der Waals surface area contributed by atoms with Gasteiger partial charge >= 0.3 is 0 Å². The van der Waals surface area contributed by atoms with Crippen LogP contribution in [0.1, 0.15) is 22.3 Å². The van der Waals surface area contributed by atoms with E-state index in [4.69, 9.17) is 4.74 Å². The summed E-state index contributed by atoms with van der Waals surface area (Å²) in [5.41, 5.74) is 7.61. The van der Waals surface area contributed by atoms with Crippen molar-refractivity contribution < 1.29 is 4.74 Å². The second-order valence-electron chi connectivity index (χ2n) is 6.60. The van der Waals surface area contributed by atoms with Gasteiger partial charge in [-0.05, 0) is 40.8 Å². The Kier molecular flexibility index (Phi) is 4.85. The highest BCUT2D eigenvalue weighted by atomic mass is 16.5. The summed E-state index contributed by atoms with van der Waals surface area (Å²) in [7, 11) is 1.75. The van der Waals surface area contributed by atoms with Crippen molar-refractivity contribution in [3.05, 3.63) is 95.1 Å². The molecule has 26 heavy (non-hydrogen) atoms. The van der Waals surface area contributed by atoms with Crippen molar-refractivity contribution in [3.63, 3.8) is 0 Å². The number of hydrogen-bond acceptors (Lipinski definition) is 2. The Bertz CT molecular complexity index is 862. The number of fused-ring (bicyclic) bond motifs is 2. The van der Waals surface area contributed by atoms with Crippen LogP contribution < -0.4 is 4.90 Å². The maximum Gasteiger partial charge on any atom is 0.0502 e. The fourth-order valence-corrected chi connectivity index (χ4v) is 3.44. The minimum absolute atomic E-state index is 0.762. The van der Waals surface area contributed by atoms with Gasteiger partial charge in [-0.3, -0.25) is 0 Å². The van der Waals surface area contributed by atoms with Crippen molar-refractivity contribution in [2.45, 2.75) is 13.0 Å². The molecular formula is C24H23NO. The highest BCUT2D eigenvalue weighted by molar-refractivity contribution is 5.88. The molecule has 2 heteroatoms. The van der Waals surface area contributed by atoms with Crippen LogP contribution in [0.2, 0.25) is 0 Å². The van der Waals surface area contributed by atoms with Gasteiger partial charge in [0.15, 0.2) is 0 Å². The van der Waals surface area contributed by atoms with Crippen LogP contribution in [0.25, 0.3) is 12.2 Å². The van der Waals surface area contributed by atoms with Crippen LogP contribution in [0.15, 0.2) is 72.8 Å². The summed E-state index contributed by atoms with van der Waals surface area (Å²) in [5.74, 6) is 0. The molecule has 3 aromatic carbocycles. The third kappa shape index (κ3) is 3.42. The fourth-order valence-electron chi connectivity index (χ4n) is 3.44. The van der Waals surface area contributed by atoms with Crippen LogP contribution in [0.3, 0.4) is 0 Å². The molecule has 3 aromatic rings. The Morgan fingerprint density at radius 1 is 0.692 bits per heavy atom. The molecule has 0 spiro atoms. The second kappa shape index (κ2) is 7.59. The smallest absolute Gasteiger partial charge is 0.0502 e. The summed E-state index contributed by atoms with van der Waals surface area (Å²) in [6.07, 6.45) is 5.38. The van der Waals surface area contributed by atoms with Crippen molar-refractivity contribution in [1.29, 1.82) is 0 Å². The third-order valence-corrected chi connectivity index (χ3v) is 4.86. The molecule has 0 atom stereocenters. The number of methoxy groups -OCH3 is 1. The molecular weight excluding hydrogens is 318 g/mol. The topological polar surface area (TPSA) is 12.5 Å². The lowest BCUT2D eigenvalue weighted by Gasteiger charge is -2.27. The first-order chi connectivity index (χ1) is 12.8. The SMILES string of the molecule is COCCc1ccc(CN2c3ccccc3C=Cc3ccccc32)cc1. The zero-order valence-corrected chi connectivity index (χ0v) is 15.1. The Morgan fingerprint density at radius 2 is 1.23 bits per heavy atom. The Balaban J connectivity index is 1.68. The first-order valence-electron chi connectivity index (χ1n) is 9.05. The lowest BCUT2D eigenvalue weighted by molar-refractivity contribution is 0.202. The van der Waals surface area contributed by atoms with Crippen molar-refractivity contribution in [2.24, 2.45) is 0 Å². The first kappa shape index (κ1) is 16.6. The summed E-state index contributed by atoms with van der Waals surface area (Å²) in [4.78, 5) is 2.41. The summed E-state index contributed by atoms with van der Waals surface area (Å²) < 4.78 is 5.17. The second-order valence-corrected chi connectivity index (χ2v) is 6.60. The highest BCUT2D eigenvalue weighted by Crippen LogP contribution is 2.37. The van der Waals surface area contributed by atoms with E-state index in [0.29, 0.717) is 0 Å². The molecule has 0 aromatic heterocycles. The number of nitrogens with zero attached hydrogens (tertiary/aromatic N) is 1. The third-order valence-electron chi connectivity index (χ3n) is 4.86. The van der Waals surface area contributed by atoms with Gasteiger partial charge in [-0.1, -0.05) is 72.8 Å². The number of hydrogen-bond donors (Lipinski definition) is 0. The van der Waals surface area contributed by atoms with E-state index in [1.54, 1.807) is 7.11 Å². The molecule has 1 heterocycles. The Morgan fingerprint density at radius 3 is 1.81 bits per heavy atom. The van der Waals surface area contributed by atoms with Crippen molar-refractivity contribution >= 4 is 23.5 Å². The molecule has 1 aliphatic rings. The van der Waals surface area contributed by atoms with E-state index >= 15 is 0 Å². The van der Waals surface area contributed by atoms with Gasteiger partial charge in [0.2, 0.25) is 0 Å². The Labute approximate surface area is 155 Å². The summed E-state index contributed by atoms with van der Waals surface area (Å²) in [6, 6.07) is 26.1. The molecule has 0 saturated heterocycles. The molecule has 0 bridgehead atoms. The molecule has 0 amide bonds. The number of anilines is 2. The maximum absolute atomic E-state index is 5.17. The van der Waals surface area contributed by atoms with Crippen LogP contribution in [-0.4, -0.2) is 13.7 Å². The van der Waals surface area contributed by atoms with Gasteiger partial charge in [0.1, 0.15) is 0 Å². The van der Waals surface area contributed by atoms with Gasteiger partial charge in [-0.15, -0.1) is 0 Å². The molecule has 2 nitrogen and oxygen atoms in total. The van der Waals surface area contributed by atoms with E-state index in [9.17, 15) is 0 Å². The molecule has 4 rings (SSSR count). The normalized spacial score (nSPS) is 12.4. The van der Waals surface area contributed by atoms with Gasteiger partial charge in [0.05, 0.1) is 6.61 Å². The van der Waals surface area contributed by atoms with Crippen LogP contribution >= 0.6 is 0 Å².